The minimum absolute atomic E-state index is 0.0908. The molecule has 0 aliphatic carbocycles. The van der Waals surface area contributed by atoms with Crippen LogP contribution in [0, 0.1) is 5.82 Å². The Kier molecular flexibility index (Phi) is 5.60. The highest BCUT2D eigenvalue weighted by molar-refractivity contribution is 7.07. The average Bonchev–Trinajstić information content (AvgIpc) is 3.08. The van der Waals surface area contributed by atoms with Crippen molar-refractivity contribution in [2.45, 2.75) is 19.5 Å². The Hall–Kier alpha value is -1.76. The van der Waals surface area contributed by atoms with Crippen LogP contribution in [-0.2, 0) is 11.3 Å². The summed E-state index contributed by atoms with van der Waals surface area (Å²) in [5, 5.41) is 7.08. The van der Waals surface area contributed by atoms with E-state index in [1.54, 1.807) is 23.5 Å². The molecule has 1 fully saturated rings. The maximum absolute atomic E-state index is 13.2. The number of nitrogens with zero attached hydrogens (tertiary/aromatic N) is 2. The standard InChI is InChI=1S/C18H22FN3OS/c1-14(18(23)20-17-4-2-3-16(19)11-17)22-8-6-21(7-9-22)12-15-5-10-24-13-15/h2-5,10-11,13-14H,6-9,12H2,1H3,(H,20,23)/t14-/m1/s1. The molecule has 3 rings (SSSR count). The first-order valence-corrected chi connectivity index (χ1v) is 9.10. The van der Waals surface area contributed by atoms with E-state index >= 15 is 0 Å². The lowest BCUT2D eigenvalue weighted by molar-refractivity contribution is -0.121. The minimum atomic E-state index is -0.345. The van der Waals surface area contributed by atoms with Gasteiger partial charge in [0.15, 0.2) is 0 Å². The molecule has 1 aromatic heterocycles. The van der Waals surface area contributed by atoms with Gasteiger partial charge in [-0.25, -0.2) is 4.39 Å². The first-order chi connectivity index (χ1) is 11.6. The fraction of sp³-hybridized carbons (Fsp3) is 0.389. The fourth-order valence-corrected chi connectivity index (χ4v) is 3.59. The van der Waals surface area contributed by atoms with E-state index in [2.05, 4.69) is 31.9 Å². The van der Waals surface area contributed by atoms with Gasteiger partial charge in [-0.05, 0) is 47.5 Å². The predicted octanol–water partition coefficient (Wildman–Crippen LogP) is 3.03. The summed E-state index contributed by atoms with van der Waals surface area (Å²) < 4.78 is 13.2. The number of halogens is 1. The first-order valence-electron chi connectivity index (χ1n) is 8.16. The average molecular weight is 347 g/mol. The third kappa shape index (κ3) is 4.41. The Morgan fingerprint density at radius 1 is 1.29 bits per heavy atom. The molecular weight excluding hydrogens is 325 g/mol. The Morgan fingerprint density at radius 3 is 2.75 bits per heavy atom. The van der Waals surface area contributed by atoms with Crippen LogP contribution in [0.15, 0.2) is 41.1 Å². The van der Waals surface area contributed by atoms with Gasteiger partial charge in [0.05, 0.1) is 6.04 Å². The highest BCUT2D eigenvalue weighted by Gasteiger charge is 2.25. The smallest absolute Gasteiger partial charge is 0.241 e. The molecule has 1 N–H and O–H groups in total. The van der Waals surface area contributed by atoms with Crippen molar-refractivity contribution in [2.75, 3.05) is 31.5 Å². The second-order valence-electron chi connectivity index (χ2n) is 6.12. The second-order valence-corrected chi connectivity index (χ2v) is 6.90. The van der Waals surface area contributed by atoms with Gasteiger partial charge in [-0.2, -0.15) is 11.3 Å². The van der Waals surface area contributed by atoms with Crippen molar-refractivity contribution in [1.82, 2.24) is 9.80 Å². The highest BCUT2D eigenvalue weighted by atomic mass is 32.1. The SMILES string of the molecule is C[C@H](C(=O)Nc1cccc(F)c1)N1CCN(Cc2ccsc2)CC1. The molecule has 1 saturated heterocycles. The largest absolute Gasteiger partial charge is 0.325 e. The Bertz CT molecular complexity index is 669. The summed E-state index contributed by atoms with van der Waals surface area (Å²) in [7, 11) is 0. The number of carbonyl (C=O) groups is 1. The molecule has 0 unspecified atom stereocenters. The van der Waals surface area contributed by atoms with Gasteiger partial charge in [0.1, 0.15) is 5.82 Å². The molecular formula is C18H22FN3OS. The molecule has 128 valence electrons. The van der Waals surface area contributed by atoms with Crippen molar-refractivity contribution >= 4 is 22.9 Å². The molecule has 6 heteroatoms. The first kappa shape index (κ1) is 17.1. The molecule has 1 atom stereocenters. The zero-order valence-electron chi connectivity index (χ0n) is 13.7. The van der Waals surface area contributed by atoms with E-state index < -0.39 is 0 Å². The summed E-state index contributed by atoms with van der Waals surface area (Å²) in [4.78, 5) is 17.0. The zero-order valence-corrected chi connectivity index (χ0v) is 14.6. The van der Waals surface area contributed by atoms with Crippen LogP contribution in [-0.4, -0.2) is 47.9 Å². The molecule has 4 nitrogen and oxygen atoms in total. The summed E-state index contributed by atoms with van der Waals surface area (Å²) in [6.07, 6.45) is 0. The predicted molar refractivity (Wildman–Crippen MR) is 95.7 cm³/mol. The molecule has 0 radical (unpaired) electrons. The van der Waals surface area contributed by atoms with Crippen molar-refractivity contribution in [1.29, 1.82) is 0 Å². The molecule has 0 bridgehead atoms. The van der Waals surface area contributed by atoms with Crippen LogP contribution in [0.2, 0.25) is 0 Å². The maximum atomic E-state index is 13.2. The van der Waals surface area contributed by atoms with Gasteiger partial charge in [-0.15, -0.1) is 0 Å². The monoisotopic (exact) mass is 347 g/mol. The number of benzene rings is 1. The van der Waals surface area contributed by atoms with Crippen molar-refractivity contribution in [3.05, 3.63) is 52.5 Å². The van der Waals surface area contributed by atoms with E-state index in [9.17, 15) is 9.18 Å². The number of hydrogen-bond acceptors (Lipinski definition) is 4. The number of piperazine rings is 1. The van der Waals surface area contributed by atoms with Crippen molar-refractivity contribution in [3.63, 3.8) is 0 Å². The number of nitrogens with one attached hydrogen (secondary N) is 1. The second kappa shape index (κ2) is 7.88. The lowest BCUT2D eigenvalue weighted by Crippen LogP contribution is -2.52. The molecule has 2 heterocycles. The minimum Gasteiger partial charge on any atom is -0.325 e. The molecule has 1 aliphatic rings. The van der Waals surface area contributed by atoms with Crippen LogP contribution in [0.4, 0.5) is 10.1 Å². The lowest BCUT2D eigenvalue weighted by Gasteiger charge is -2.37. The molecule has 0 spiro atoms. The molecule has 0 saturated carbocycles. The van der Waals surface area contributed by atoms with Gasteiger partial charge < -0.3 is 5.32 Å². The summed E-state index contributed by atoms with van der Waals surface area (Å²) in [6, 6.07) is 7.93. The van der Waals surface area contributed by atoms with E-state index in [1.807, 2.05) is 6.92 Å². The number of hydrogen-bond donors (Lipinski definition) is 1. The van der Waals surface area contributed by atoms with Gasteiger partial charge in [0.2, 0.25) is 5.91 Å². The van der Waals surface area contributed by atoms with Gasteiger partial charge in [-0.3, -0.25) is 14.6 Å². The molecule has 1 aromatic carbocycles. The van der Waals surface area contributed by atoms with Crippen LogP contribution in [0.1, 0.15) is 12.5 Å². The fourth-order valence-electron chi connectivity index (χ4n) is 2.93. The normalized spacial score (nSPS) is 17.6. The van der Waals surface area contributed by atoms with Gasteiger partial charge >= 0.3 is 0 Å². The van der Waals surface area contributed by atoms with Crippen LogP contribution in [0.3, 0.4) is 0 Å². The number of rotatable bonds is 5. The zero-order chi connectivity index (χ0) is 16.9. The number of thiophene rings is 1. The summed E-state index contributed by atoms with van der Waals surface area (Å²) in [6.45, 7) is 6.51. The van der Waals surface area contributed by atoms with Crippen molar-refractivity contribution in [3.8, 4) is 0 Å². The third-order valence-corrected chi connectivity index (χ3v) is 5.14. The Morgan fingerprint density at radius 2 is 2.08 bits per heavy atom. The van der Waals surface area contributed by atoms with Gasteiger partial charge in [0.25, 0.3) is 0 Å². The molecule has 1 amide bonds. The topological polar surface area (TPSA) is 35.6 Å². The van der Waals surface area contributed by atoms with Crippen LogP contribution in [0.5, 0.6) is 0 Å². The Labute approximate surface area is 145 Å². The quantitative estimate of drug-likeness (QED) is 0.903. The van der Waals surface area contributed by atoms with E-state index in [-0.39, 0.29) is 17.8 Å². The van der Waals surface area contributed by atoms with Crippen LogP contribution in [0.25, 0.3) is 0 Å². The Balaban J connectivity index is 1.49. The van der Waals surface area contributed by atoms with Crippen LogP contribution < -0.4 is 5.32 Å². The van der Waals surface area contributed by atoms with Crippen LogP contribution >= 0.6 is 11.3 Å². The molecule has 24 heavy (non-hydrogen) atoms. The molecule has 1 aliphatic heterocycles. The number of amides is 1. The summed E-state index contributed by atoms with van der Waals surface area (Å²) in [5.74, 6) is -0.436. The number of anilines is 1. The lowest BCUT2D eigenvalue weighted by atomic mass is 10.2. The summed E-state index contributed by atoms with van der Waals surface area (Å²) in [5.41, 5.74) is 1.85. The van der Waals surface area contributed by atoms with Gasteiger partial charge in [-0.1, -0.05) is 6.07 Å². The maximum Gasteiger partial charge on any atom is 0.241 e. The third-order valence-electron chi connectivity index (χ3n) is 4.41. The van der Waals surface area contributed by atoms with E-state index in [0.717, 1.165) is 32.7 Å². The highest BCUT2D eigenvalue weighted by Crippen LogP contribution is 2.14. The van der Waals surface area contributed by atoms with Crippen molar-refractivity contribution < 1.29 is 9.18 Å². The van der Waals surface area contributed by atoms with Gasteiger partial charge in [0, 0.05) is 38.4 Å². The molecule has 2 aromatic rings. The van der Waals surface area contributed by atoms with E-state index in [0.29, 0.717) is 5.69 Å². The van der Waals surface area contributed by atoms with Crippen molar-refractivity contribution in [2.24, 2.45) is 0 Å². The summed E-state index contributed by atoms with van der Waals surface area (Å²) >= 11 is 1.72. The number of carbonyl (C=O) groups excluding carboxylic acids is 1. The van der Waals surface area contributed by atoms with E-state index in [1.165, 1.54) is 17.7 Å². The van der Waals surface area contributed by atoms with E-state index in [4.69, 9.17) is 0 Å².